The first-order valence-electron chi connectivity index (χ1n) is 20.2. The Morgan fingerprint density at radius 3 is 1.69 bits per heavy atom. The molecule has 0 radical (unpaired) electrons. The van der Waals surface area contributed by atoms with Crippen LogP contribution >= 0.6 is 0 Å². The first kappa shape index (κ1) is 33.3. The van der Waals surface area contributed by atoms with Gasteiger partial charge in [-0.1, -0.05) is 164 Å². The molecule has 12 rings (SSSR count). The zero-order valence-corrected chi connectivity index (χ0v) is 32.1. The molecule has 0 bridgehead atoms. The Hall–Kier alpha value is -7.88. The Morgan fingerprint density at radius 1 is 0.339 bits per heavy atom. The summed E-state index contributed by atoms with van der Waals surface area (Å²) in [6.45, 7) is 0. The third-order valence-electron chi connectivity index (χ3n) is 12.0. The summed E-state index contributed by atoms with van der Waals surface area (Å²) >= 11 is 0. The molecule has 59 heavy (non-hydrogen) atoms. The fourth-order valence-electron chi connectivity index (χ4n) is 9.28. The number of para-hydroxylation sites is 4. The monoisotopic (exact) mass is 752 g/mol. The van der Waals surface area contributed by atoms with Crippen molar-refractivity contribution in [3.05, 3.63) is 218 Å². The molecule has 0 unspecified atom stereocenters. The summed E-state index contributed by atoms with van der Waals surface area (Å²) in [5.41, 5.74) is 13.0. The Kier molecular flexibility index (Phi) is 7.54. The van der Waals surface area contributed by atoms with Crippen LogP contribution in [0.5, 0.6) is 0 Å². The van der Waals surface area contributed by atoms with Crippen LogP contribution in [0.3, 0.4) is 0 Å². The minimum atomic E-state index is 0.856. The summed E-state index contributed by atoms with van der Waals surface area (Å²) in [4.78, 5) is 2.38. The Labute approximate surface area is 341 Å². The smallest absolute Gasteiger partial charge is 0.159 e. The second kappa shape index (κ2) is 13.4. The van der Waals surface area contributed by atoms with E-state index in [1.807, 2.05) is 0 Å². The standard InChI is InChI=1S/C56H36N2O/c1-3-19-43-38(14-1)16-12-24-45(43)46-21-5-8-26-51(46)57(54-29-13-25-49-50-35-32-39-15-2-4-20-44(39)55(50)59-56(49)54)41-33-30-37(31-34-41)40-17-11-18-42(36-40)58-52-27-9-6-22-47(52)48-23-7-10-28-53(48)58/h1-36H. The van der Waals surface area contributed by atoms with Crippen molar-refractivity contribution in [3.8, 4) is 27.9 Å². The lowest BCUT2D eigenvalue weighted by atomic mass is 9.96. The van der Waals surface area contributed by atoms with E-state index in [0.29, 0.717) is 0 Å². The number of aromatic nitrogens is 1. The molecule has 0 aliphatic rings. The molecule has 0 aliphatic heterocycles. The minimum Gasteiger partial charge on any atom is -0.453 e. The van der Waals surface area contributed by atoms with Gasteiger partial charge in [-0.3, -0.25) is 0 Å². The molecule has 2 heterocycles. The molecular formula is C56H36N2O. The number of hydrogen-bond acceptors (Lipinski definition) is 2. The number of fused-ring (bicyclic) bond motifs is 9. The van der Waals surface area contributed by atoms with E-state index in [2.05, 4.69) is 228 Å². The van der Waals surface area contributed by atoms with Crippen LogP contribution in [0.1, 0.15) is 0 Å². The summed E-state index contributed by atoms with van der Waals surface area (Å²) in [6.07, 6.45) is 0. The van der Waals surface area contributed by atoms with E-state index >= 15 is 0 Å². The van der Waals surface area contributed by atoms with E-state index < -0.39 is 0 Å². The Balaban J connectivity index is 1.04. The second-order valence-corrected chi connectivity index (χ2v) is 15.3. The summed E-state index contributed by atoms with van der Waals surface area (Å²) < 4.78 is 9.38. The molecule has 0 atom stereocenters. The van der Waals surface area contributed by atoms with Gasteiger partial charge in [-0.15, -0.1) is 0 Å². The number of anilines is 3. The summed E-state index contributed by atoms with van der Waals surface area (Å²) in [7, 11) is 0. The van der Waals surface area contributed by atoms with Gasteiger partial charge in [0.05, 0.1) is 22.4 Å². The molecule has 0 spiro atoms. The lowest BCUT2D eigenvalue weighted by Crippen LogP contribution is -2.11. The number of rotatable bonds is 6. The van der Waals surface area contributed by atoms with Gasteiger partial charge in [0.15, 0.2) is 5.58 Å². The molecule has 2 aromatic heterocycles. The molecule has 3 nitrogen and oxygen atoms in total. The SMILES string of the molecule is c1cc(-c2ccc(N(c3ccccc3-c3cccc4ccccc34)c3cccc4c3oc3c5ccccc5ccc43)cc2)cc(-n2c3ccccc3c3ccccc32)c1. The van der Waals surface area contributed by atoms with Gasteiger partial charge < -0.3 is 13.9 Å². The average molecular weight is 753 g/mol. The molecule has 0 aliphatic carbocycles. The van der Waals surface area contributed by atoms with Gasteiger partial charge in [-0.25, -0.2) is 0 Å². The van der Waals surface area contributed by atoms with Crippen molar-refractivity contribution in [1.82, 2.24) is 4.57 Å². The van der Waals surface area contributed by atoms with Crippen LogP contribution in [0.15, 0.2) is 223 Å². The van der Waals surface area contributed by atoms with Gasteiger partial charge in [0, 0.05) is 43.9 Å². The molecular weight excluding hydrogens is 717 g/mol. The van der Waals surface area contributed by atoms with Crippen LogP contribution in [0, 0.1) is 0 Å². The van der Waals surface area contributed by atoms with E-state index in [1.165, 1.54) is 38.1 Å². The zero-order valence-electron chi connectivity index (χ0n) is 32.1. The quantitative estimate of drug-likeness (QED) is 0.169. The second-order valence-electron chi connectivity index (χ2n) is 15.3. The van der Waals surface area contributed by atoms with Gasteiger partial charge in [0.2, 0.25) is 0 Å². The normalized spacial score (nSPS) is 11.7. The highest BCUT2D eigenvalue weighted by Gasteiger charge is 2.23. The molecule has 3 heteroatoms. The van der Waals surface area contributed by atoms with E-state index in [4.69, 9.17) is 4.42 Å². The van der Waals surface area contributed by atoms with Crippen LogP contribution in [0.2, 0.25) is 0 Å². The molecule has 0 fully saturated rings. The summed E-state index contributed by atoms with van der Waals surface area (Å²) in [5, 5.41) is 9.43. The highest BCUT2D eigenvalue weighted by atomic mass is 16.3. The molecule has 10 aromatic carbocycles. The van der Waals surface area contributed by atoms with Gasteiger partial charge in [-0.05, 0) is 87.4 Å². The third-order valence-corrected chi connectivity index (χ3v) is 12.0. The molecule has 276 valence electrons. The van der Waals surface area contributed by atoms with Gasteiger partial charge >= 0.3 is 0 Å². The van der Waals surface area contributed by atoms with Gasteiger partial charge in [-0.2, -0.15) is 0 Å². The predicted octanol–water partition coefficient (Wildman–Crippen LogP) is 15.8. The van der Waals surface area contributed by atoms with Crippen molar-refractivity contribution in [2.75, 3.05) is 4.90 Å². The van der Waals surface area contributed by atoms with E-state index in [0.717, 1.165) is 72.2 Å². The number of furan rings is 1. The maximum absolute atomic E-state index is 7.00. The van der Waals surface area contributed by atoms with Crippen LogP contribution in [-0.4, -0.2) is 4.57 Å². The van der Waals surface area contributed by atoms with Crippen LogP contribution < -0.4 is 4.90 Å². The van der Waals surface area contributed by atoms with E-state index in [-0.39, 0.29) is 0 Å². The molecule has 0 amide bonds. The first-order valence-corrected chi connectivity index (χ1v) is 20.2. The molecule has 0 saturated heterocycles. The van der Waals surface area contributed by atoms with Crippen LogP contribution in [0.25, 0.3) is 93.2 Å². The van der Waals surface area contributed by atoms with Crippen LogP contribution in [-0.2, 0) is 0 Å². The van der Waals surface area contributed by atoms with Crippen molar-refractivity contribution in [2.45, 2.75) is 0 Å². The van der Waals surface area contributed by atoms with E-state index in [9.17, 15) is 0 Å². The third kappa shape index (κ3) is 5.29. The fraction of sp³-hybridized carbons (Fsp3) is 0. The lowest BCUT2D eigenvalue weighted by Gasteiger charge is -2.28. The van der Waals surface area contributed by atoms with Crippen molar-refractivity contribution in [2.24, 2.45) is 0 Å². The highest BCUT2D eigenvalue weighted by Crippen LogP contribution is 2.47. The number of benzene rings is 10. The molecule has 12 aromatic rings. The molecule has 0 saturated carbocycles. The lowest BCUT2D eigenvalue weighted by molar-refractivity contribution is 0.673. The zero-order chi connectivity index (χ0) is 38.9. The number of hydrogen-bond donors (Lipinski definition) is 0. The Morgan fingerprint density at radius 2 is 0.898 bits per heavy atom. The largest absolute Gasteiger partial charge is 0.453 e. The molecule has 0 N–H and O–H groups in total. The first-order chi connectivity index (χ1) is 29.3. The fourth-order valence-corrected chi connectivity index (χ4v) is 9.28. The maximum atomic E-state index is 7.00. The summed E-state index contributed by atoms with van der Waals surface area (Å²) in [6, 6.07) is 78.6. The van der Waals surface area contributed by atoms with Crippen molar-refractivity contribution >= 4 is 82.4 Å². The summed E-state index contributed by atoms with van der Waals surface area (Å²) in [5.74, 6) is 0. The van der Waals surface area contributed by atoms with Gasteiger partial charge in [0.1, 0.15) is 5.58 Å². The topological polar surface area (TPSA) is 21.3 Å². The maximum Gasteiger partial charge on any atom is 0.159 e. The van der Waals surface area contributed by atoms with E-state index in [1.54, 1.807) is 0 Å². The van der Waals surface area contributed by atoms with Gasteiger partial charge in [0.25, 0.3) is 0 Å². The Bertz CT molecular complexity index is 3510. The van der Waals surface area contributed by atoms with Crippen LogP contribution in [0.4, 0.5) is 17.1 Å². The highest BCUT2D eigenvalue weighted by molar-refractivity contribution is 6.18. The predicted molar refractivity (Wildman–Crippen MR) is 249 cm³/mol. The van der Waals surface area contributed by atoms with Crippen molar-refractivity contribution < 1.29 is 4.42 Å². The number of nitrogens with zero attached hydrogens (tertiary/aromatic N) is 2. The van der Waals surface area contributed by atoms with Crippen molar-refractivity contribution in [1.29, 1.82) is 0 Å². The van der Waals surface area contributed by atoms with Crippen molar-refractivity contribution in [3.63, 3.8) is 0 Å². The average Bonchev–Trinajstić information content (AvgIpc) is 3.86. The minimum absolute atomic E-state index is 0.856.